The van der Waals surface area contributed by atoms with Gasteiger partial charge in [-0.15, -0.1) is 22.7 Å². The molecular weight excluding hydrogens is 703 g/mol. The van der Waals surface area contributed by atoms with Crippen LogP contribution in [0.2, 0.25) is 0 Å². The van der Waals surface area contributed by atoms with Crippen LogP contribution in [0.5, 0.6) is 0 Å². The van der Waals surface area contributed by atoms with Crippen molar-refractivity contribution in [3.63, 3.8) is 0 Å². The van der Waals surface area contributed by atoms with Gasteiger partial charge < -0.3 is 4.90 Å². The Labute approximate surface area is 327 Å². The molecule has 0 saturated heterocycles. The van der Waals surface area contributed by atoms with Gasteiger partial charge in [0.05, 0.1) is 0 Å². The first-order chi connectivity index (χ1) is 27.2. The molecule has 3 heteroatoms. The number of anilines is 3. The Morgan fingerprint density at radius 1 is 0.291 bits per heavy atom. The first kappa shape index (κ1) is 32.0. The molecule has 0 aliphatic rings. The average Bonchev–Trinajstić information content (AvgIpc) is 3.83. The van der Waals surface area contributed by atoms with Crippen LogP contribution < -0.4 is 4.90 Å². The van der Waals surface area contributed by atoms with Crippen LogP contribution >= 0.6 is 22.7 Å². The maximum absolute atomic E-state index is 2.39. The summed E-state index contributed by atoms with van der Waals surface area (Å²) in [5.74, 6) is 0. The van der Waals surface area contributed by atoms with Gasteiger partial charge in [-0.3, -0.25) is 0 Å². The molecule has 0 saturated carbocycles. The highest BCUT2D eigenvalue weighted by molar-refractivity contribution is 7.26. The third kappa shape index (κ3) is 5.51. The molecule has 1 nitrogen and oxygen atoms in total. The van der Waals surface area contributed by atoms with E-state index >= 15 is 0 Å². The lowest BCUT2D eigenvalue weighted by atomic mass is 9.95. The molecule has 0 N–H and O–H groups in total. The van der Waals surface area contributed by atoms with Crippen molar-refractivity contribution >= 4 is 90.9 Å². The number of fused-ring (bicyclic) bond motifs is 7. The molecule has 2 heterocycles. The lowest BCUT2D eigenvalue weighted by molar-refractivity contribution is 1.29. The van der Waals surface area contributed by atoms with E-state index in [4.69, 9.17) is 0 Å². The lowest BCUT2D eigenvalue weighted by Gasteiger charge is -2.26. The number of hydrogen-bond donors (Lipinski definition) is 0. The van der Waals surface area contributed by atoms with E-state index < -0.39 is 0 Å². The van der Waals surface area contributed by atoms with E-state index in [0.717, 1.165) is 17.1 Å². The molecule has 0 spiro atoms. The molecule has 0 unspecified atom stereocenters. The predicted octanol–water partition coefficient (Wildman–Crippen LogP) is 16.0. The average molecular weight is 736 g/mol. The van der Waals surface area contributed by atoms with Crippen molar-refractivity contribution in [2.24, 2.45) is 0 Å². The fourth-order valence-electron chi connectivity index (χ4n) is 8.21. The maximum Gasteiger partial charge on any atom is 0.0468 e. The van der Waals surface area contributed by atoms with Gasteiger partial charge >= 0.3 is 0 Å². The Morgan fingerprint density at radius 2 is 0.836 bits per heavy atom. The van der Waals surface area contributed by atoms with E-state index in [1.807, 2.05) is 22.7 Å². The summed E-state index contributed by atoms with van der Waals surface area (Å²) >= 11 is 3.74. The molecular formula is C52H33NS2. The zero-order valence-corrected chi connectivity index (χ0v) is 31.4. The first-order valence-electron chi connectivity index (χ1n) is 18.7. The second-order valence-electron chi connectivity index (χ2n) is 14.1. The van der Waals surface area contributed by atoms with E-state index in [-0.39, 0.29) is 0 Å². The van der Waals surface area contributed by atoms with Crippen molar-refractivity contribution in [3.8, 4) is 33.4 Å². The molecule has 0 atom stereocenters. The third-order valence-electron chi connectivity index (χ3n) is 10.9. The van der Waals surface area contributed by atoms with Crippen LogP contribution in [0.25, 0.3) is 84.5 Å². The molecule has 9 aromatic carbocycles. The predicted molar refractivity (Wildman–Crippen MR) is 241 cm³/mol. The highest BCUT2D eigenvalue weighted by Gasteiger charge is 2.17. The number of rotatable bonds is 6. The molecule has 2 aromatic heterocycles. The number of thiophene rings is 2. The molecule has 0 bridgehead atoms. The van der Waals surface area contributed by atoms with Crippen molar-refractivity contribution in [1.82, 2.24) is 0 Å². The van der Waals surface area contributed by atoms with Gasteiger partial charge in [-0.2, -0.15) is 0 Å². The van der Waals surface area contributed by atoms with Crippen LogP contribution in [0, 0.1) is 0 Å². The molecule has 11 aromatic rings. The fraction of sp³-hybridized carbons (Fsp3) is 0. The molecule has 55 heavy (non-hydrogen) atoms. The second kappa shape index (κ2) is 13.1. The summed E-state index contributed by atoms with van der Waals surface area (Å²) in [7, 11) is 0. The highest BCUT2D eigenvalue weighted by Crippen LogP contribution is 2.43. The summed E-state index contributed by atoms with van der Waals surface area (Å²) in [5, 5.41) is 7.77. The van der Waals surface area contributed by atoms with Crippen molar-refractivity contribution < 1.29 is 0 Å². The molecule has 0 radical (unpaired) electrons. The SMILES string of the molecule is c1cc(-c2ccc(N(c3ccc(-c4cccc5c4sc4ccccc45)cc3)c3ccc4sc5ccccc5c4c3)cc2)cc(-c2cccc3ccccc23)c1. The van der Waals surface area contributed by atoms with Gasteiger partial charge in [0.2, 0.25) is 0 Å². The van der Waals surface area contributed by atoms with Gasteiger partial charge in [0.1, 0.15) is 0 Å². The summed E-state index contributed by atoms with van der Waals surface area (Å²) in [6, 6.07) is 73.4. The zero-order valence-electron chi connectivity index (χ0n) is 29.8. The lowest BCUT2D eigenvalue weighted by Crippen LogP contribution is -2.09. The van der Waals surface area contributed by atoms with Gasteiger partial charge in [0.15, 0.2) is 0 Å². The van der Waals surface area contributed by atoms with E-state index in [9.17, 15) is 0 Å². The van der Waals surface area contributed by atoms with Gasteiger partial charge in [-0.1, -0.05) is 140 Å². The molecule has 0 aliphatic heterocycles. The molecule has 0 aliphatic carbocycles. The Bertz CT molecular complexity index is 3200. The topological polar surface area (TPSA) is 3.24 Å². The van der Waals surface area contributed by atoms with Crippen LogP contribution in [-0.2, 0) is 0 Å². The normalized spacial score (nSPS) is 11.6. The van der Waals surface area contributed by atoms with E-state index in [2.05, 4.69) is 205 Å². The van der Waals surface area contributed by atoms with E-state index in [1.165, 1.54) is 84.5 Å². The molecule has 0 fully saturated rings. The minimum atomic E-state index is 1.12. The minimum absolute atomic E-state index is 1.12. The van der Waals surface area contributed by atoms with Crippen LogP contribution in [-0.4, -0.2) is 0 Å². The second-order valence-corrected chi connectivity index (χ2v) is 16.2. The van der Waals surface area contributed by atoms with E-state index in [0.29, 0.717) is 0 Å². The Morgan fingerprint density at radius 3 is 1.64 bits per heavy atom. The first-order valence-corrected chi connectivity index (χ1v) is 20.3. The molecule has 11 rings (SSSR count). The minimum Gasteiger partial charge on any atom is -0.310 e. The summed E-state index contributed by atoms with van der Waals surface area (Å²) in [5.41, 5.74) is 10.8. The summed E-state index contributed by atoms with van der Waals surface area (Å²) in [6.45, 7) is 0. The van der Waals surface area contributed by atoms with Crippen molar-refractivity contribution in [3.05, 3.63) is 200 Å². The molecule has 258 valence electrons. The zero-order chi connectivity index (χ0) is 36.3. The van der Waals surface area contributed by atoms with Gasteiger partial charge in [0.25, 0.3) is 0 Å². The summed E-state index contributed by atoms with van der Waals surface area (Å²) < 4.78 is 5.28. The fourth-order valence-corrected chi connectivity index (χ4v) is 10.5. The Kier molecular flexibility index (Phi) is 7.61. The number of hydrogen-bond acceptors (Lipinski definition) is 3. The highest BCUT2D eigenvalue weighted by atomic mass is 32.1. The Hall–Kier alpha value is -6.52. The monoisotopic (exact) mass is 735 g/mol. The standard InChI is InChI=1S/C52H33NS2/c1-2-14-42-35(10-1)11-8-17-43(42)38-13-7-12-37(32-38)34-22-26-39(27-23-34)53(41-30-31-51-48(33-41)46-16-4-5-20-49(46)54-51)40-28-24-36(25-29-40)44-18-9-19-47-45-15-3-6-21-50(45)55-52(44)47/h1-33H. The quantitative estimate of drug-likeness (QED) is 0.164. The summed E-state index contributed by atoms with van der Waals surface area (Å²) in [6.07, 6.45) is 0. The van der Waals surface area contributed by atoms with Crippen LogP contribution in [0.1, 0.15) is 0 Å². The maximum atomic E-state index is 2.39. The third-order valence-corrected chi connectivity index (χ3v) is 13.3. The van der Waals surface area contributed by atoms with E-state index in [1.54, 1.807) is 0 Å². The van der Waals surface area contributed by atoms with Gasteiger partial charge in [-0.05, 0) is 105 Å². The number of nitrogens with zero attached hydrogens (tertiary/aromatic N) is 1. The Balaban J connectivity index is 1.00. The summed E-state index contributed by atoms with van der Waals surface area (Å²) in [4.78, 5) is 2.39. The van der Waals surface area contributed by atoms with Crippen molar-refractivity contribution in [2.45, 2.75) is 0 Å². The van der Waals surface area contributed by atoms with Crippen molar-refractivity contribution in [2.75, 3.05) is 4.90 Å². The molecule has 0 amide bonds. The largest absolute Gasteiger partial charge is 0.310 e. The van der Waals surface area contributed by atoms with Crippen molar-refractivity contribution in [1.29, 1.82) is 0 Å². The number of benzene rings is 9. The van der Waals surface area contributed by atoms with Gasteiger partial charge in [0, 0.05) is 57.4 Å². The van der Waals surface area contributed by atoms with Gasteiger partial charge in [-0.25, -0.2) is 0 Å². The van der Waals surface area contributed by atoms with Crippen LogP contribution in [0.4, 0.5) is 17.1 Å². The smallest absolute Gasteiger partial charge is 0.0468 e. The van der Waals surface area contributed by atoms with Crippen LogP contribution in [0.15, 0.2) is 200 Å². The van der Waals surface area contributed by atoms with Crippen LogP contribution in [0.3, 0.4) is 0 Å².